The molecular formula is C16H27NO. The third kappa shape index (κ3) is 6.77. The van der Waals surface area contributed by atoms with Gasteiger partial charge in [0.25, 0.3) is 0 Å². The summed E-state index contributed by atoms with van der Waals surface area (Å²) in [5.74, 6) is 0. The van der Waals surface area contributed by atoms with Crippen LogP contribution in [0.5, 0.6) is 0 Å². The van der Waals surface area contributed by atoms with Gasteiger partial charge >= 0.3 is 0 Å². The summed E-state index contributed by atoms with van der Waals surface area (Å²) in [4.78, 5) is 2.27. The SMILES string of the molecule is CN(CC[C@H](O)CC(C)(C)C)Cc1ccccc1. The van der Waals surface area contributed by atoms with E-state index in [1.807, 2.05) is 6.07 Å². The molecule has 18 heavy (non-hydrogen) atoms. The summed E-state index contributed by atoms with van der Waals surface area (Å²) >= 11 is 0. The summed E-state index contributed by atoms with van der Waals surface area (Å²) < 4.78 is 0. The van der Waals surface area contributed by atoms with E-state index >= 15 is 0 Å². The Morgan fingerprint density at radius 1 is 1.17 bits per heavy atom. The monoisotopic (exact) mass is 249 g/mol. The zero-order valence-electron chi connectivity index (χ0n) is 12.2. The van der Waals surface area contributed by atoms with Crippen molar-refractivity contribution in [3.05, 3.63) is 35.9 Å². The molecule has 2 heteroatoms. The van der Waals surface area contributed by atoms with Crippen LogP contribution in [0.4, 0.5) is 0 Å². The van der Waals surface area contributed by atoms with Crippen LogP contribution in [-0.2, 0) is 6.54 Å². The Morgan fingerprint density at radius 2 is 1.78 bits per heavy atom. The highest BCUT2D eigenvalue weighted by molar-refractivity contribution is 5.14. The first-order chi connectivity index (χ1) is 8.37. The molecule has 1 rings (SSSR count). The van der Waals surface area contributed by atoms with E-state index in [1.54, 1.807) is 0 Å². The van der Waals surface area contributed by atoms with Gasteiger partial charge in [0.2, 0.25) is 0 Å². The molecule has 2 nitrogen and oxygen atoms in total. The molecule has 1 N–H and O–H groups in total. The lowest BCUT2D eigenvalue weighted by Crippen LogP contribution is -2.25. The largest absolute Gasteiger partial charge is 0.393 e. The minimum atomic E-state index is -0.191. The van der Waals surface area contributed by atoms with Gasteiger partial charge in [0, 0.05) is 13.1 Å². The maximum absolute atomic E-state index is 9.97. The highest BCUT2D eigenvalue weighted by Gasteiger charge is 2.16. The summed E-state index contributed by atoms with van der Waals surface area (Å²) in [5.41, 5.74) is 1.53. The van der Waals surface area contributed by atoms with Crippen LogP contribution in [0.15, 0.2) is 30.3 Å². The highest BCUT2D eigenvalue weighted by Crippen LogP contribution is 2.22. The average Bonchev–Trinajstić information content (AvgIpc) is 2.25. The Morgan fingerprint density at radius 3 is 2.33 bits per heavy atom. The molecule has 0 fully saturated rings. The van der Waals surface area contributed by atoms with Crippen molar-refractivity contribution in [3.63, 3.8) is 0 Å². The van der Waals surface area contributed by atoms with Crippen LogP contribution in [0, 0.1) is 5.41 Å². The van der Waals surface area contributed by atoms with Gasteiger partial charge in [-0.05, 0) is 30.9 Å². The molecular weight excluding hydrogens is 222 g/mol. The Balaban J connectivity index is 2.27. The van der Waals surface area contributed by atoms with Crippen molar-refractivity contribution in [3.8, 4) is 0 Å². The van der Waals surface area contributed by atoms with Crippen LogP contribution < -0.4 is 0 Å². The second-order valence-electron chi connectivity index (χ2n) is 6.43. The fraction of sp³-hybridized carbons (Fsp3) is 0.625. The number of hydrogen-bond acceptors (Lipinski definition) is 2. The van der Waals surface area contributed by atoms with Crippen molar-refractivity contribution >= 4 is 0 Å². The topological polar surface area (TPSA) is 23.5 Å². The second-order valence-corrected chi connectivity index (χ2v) is 6.43. The van der Waals surface area contributed by atoms with Crippen LogP contribution in [0.2, 0.25) is 0 Å². The number of rotatable bonds is 6. The summed E-state index contributed by atoms with van der Waals surface area (Å²) in [6.45, 7) is 8.40. The van der Waals surface area contributed by atoms with Crippen molar-refractivity contribution < 1.29 is 5.11 Å². The van der Waals surface area contributed by atoms with E-state index in [0.717, 1.165) is 25.9 Å². The molecule has 1 aromatic rings. The standard InChI is InChI=1S/C16H27NO/c1-16(2,3)12-15(18)10-11-17(4)13-14-8-6-5-7-9-14/h5-9,15,18H,10-13H2,1-4H3/t15-/m0/s1. The minimum absolute atomic E-state index is 0.191. The average molecular weight is 249 g/mol. The fourth-order valence-electron chi connectivity index (χ4n) is 2.15. The van der Waals surface area contributed by atoms with E-state index in [9.17, 15) is 5.11 Å². The van der Waals surface area contributed by atoms with E-state index in [0.29, 0.717) is 0 Å². The molecule has 0 spiro atoms. The molecule has 0 saturated carbocycles. The number of hydrogen-bond donors (Lipinski definition) is 1. The van der Waals surface area contributed by atoms with Gasteiger partial charge in [-0.25, -0.2) is 0 Å². The third-order valence-electron chi connectivity index (χ3n) is 2.99. The van der Waals surface area contributed by atoms with Crippen LogP contribution in [0.25, 0.3) is 0 Å². The summed E-state index contributed by atoms with van der Waals surface area (Å²) in [6.07, 6.45) is 1.52. The lowest BCUT2D eigenvalue weighted by atomic mass is 9.88. The number of aliphatic hydroxyl groups is 1. The van der Waals surface area contributed by atoms with Crippen molar-refractivity contribution in [1.29, 1.82) is 0 Å². The number of benzene rings is 1. The molecule has 0 aromatic heterocycles. The quantitative estimate of drug-likeness (QED) is 0.836. The van der Waals surface area contributed by atoms with Gasteiger partial charge in [-0.1, -0.05) is 51.1 Å². The van der Waals surface area contributed by atoms with Crippen LogP contribution in [0.3, 0.4) is 0 Å². The van der Waals surface area contributed by atoms with Crippen molar-refractivity contribution in [2.24, 2.45) is 5.41 Å². The van der Waals surface area contributed by atoms with Crippen molar-refractivity contribution in [2.45, 2.75) is 46.3 Å². The molecule has 1 aromatic carbocycles. The smallest absolute Gasteiger partial charge is 0.0557 e. The van der Waals surface area contributed by atoms with Gasteiger partial charge in [-0.3, -0.25) is 0 Å². The van der Waals surface area contributed by atoms with Crippen LogP contribution in [0.1, 0.15) is 39.2 Å². The molecule has 0 bridgehead atoms. The molecule has 0 aliphatic heterocycles. The first-order valence-corrected chi connectivity index (χ1v) is 6.77. The van der Waals surface area contributed by atoms with Crippen LogP contribution >= 0.6 is 0 Å². The third-order valence-corrected chi connectivity index (χ3v) is 2.99. The lowest BCUT2D eigenvalue weighted by Gasteiger charge is -2.24. The Kier molecular flexibility index (Phi) is 5.83. The minimum Gasteiger partial charge on any atom is -0.393 e. The van der Waals surface area contributed by atoms with Crippen molar-refractivity contribution in [1.82, 2.24) is 4.90 Å². The van der Waals surface area contributed by atoms with Gasteiger partial charge in [0.05, 0.1) is 6.10 Å². The van der Waals surface area contributed by atoms with Gasteiger partial charge in [-0.15, -0.1) is 0 Å². The first kappa shape index (κ1) is 15.2. The zero-order valence-corrected chi connectivity index (χ0v) is 12.2. The molecule has 0 amide bonds. The highest BCUT2D eigenvalue weighted by atomic mass is 16.3. The summed E-state index contributed by atoms with van der Waals surface area (Å²) in [5, 5.41) is 9.97. The molecule has 0 aliphatic carbocycles. The maximum Gasteiger partial charge on any atom is 0.0557 e. The maximum atomic E-state index is 9.97. The predicted octanol–water partition coefficient (Wildman–Crippen LogP) is 3.31. The zero-order chi connectivity index (χ0) is 13.6. The molecule has 102 valence electrons. The normalized spacial score (nSPS) is 13.9. The second kappa shape index (κ2) is 6.91. The van der Waals surface area contributed by atoms with E-state index in [-0.39, 0.29) is 11.5 Å². The predicted molar refractivity (Wildman–Crippen MR) is 77.5 cm³/mol. The number of nitrogens with zero attached hydrogens (tertiary/aromatic N) is 1. The lowest BCUT2D eigenvalue weighted by molar-refractivity contribution is 0.101. The molecule has 0 aliphatic rings. The molecule has 0 heterocycles. The molecule has 0 unspecified atom stereocenters. The van der Waals surface area contributed by atoms with Gasteiger partial charge in [0.15, 0.2) is 0 Å². The molecule has 1 atom stereocenters. The molecule has 0 saturated heterocycles. The van der Waals surface area contributed by atoms with Gasteiger partial charge in [0.1, 0.15) is 0 Å². The summed E-state index contributed by atoms with van der Waals surface area (Å²) in [7, 11) is 2.11. The Labute approximate surface area is 112 Å². The van der Waals surface area contributed by atoms with E-state index in [2.05, 4.69) is 57.0 Å². The van der Waals surface area contributed by atoms with E-state index < -0.39 is 0 Å². The number of aliphatic hydroxyl groups excluding tert-OH is 1. The summed E-state index contributed by atoms with van der Waals surface area (Å²) in [6, 6.07) is 10.5. The Hall–Kier alpha value is -0.860. The van der Waals surface area contributed by atoms with E-state index in [4.69, 9.17) is 0 Å². The Bertz CT molecular complexity index is 329. The van der Waals surface area contributed by atoms with Crippen LogP contribution in [-0.4, -0.2) is 29.7 Å². The first-order valence-electron chi connectivity index (χ1n) is 6.77. The van der Waals surface area contributed by atoms with Crippen molar-refractivity contribution in [2.75, 3.05) is 13.6 Å². The van der Waals surface area contributed by atoms with E-state index in [1.165, 1.54) is 5.56 Å². The fourth-order valence-corrected chi connectivity index (χ4v) is 2.15. The van der Waals surface area contributed by atoms with Gasteiger partial charge < -0.3 is 10.0 Å². The van der Waals surface area contributed by atoms with Gasteiger partial charge in [-0.2, -0.15) is 0 Å². The molecule has 0 radical (unpaired) electrons.